The summed E-state index contributed by atoms with van der Waals surface area (Å²) in [6.45, 7) is 11.8. The van der Waals surface area contributed by atoms with Crippen LogP contribution in [0.1, 0.15) is 73.1 Å². The molecule has 0 heterocycles. The van der Waals surface area contributed by atoms with Gasteiger partial charge < -0.3 is 10.6 Å². The third kappa shape index (κ3) is 5.43. The van der Waals surface area contributed by atoms with Crippen molar-refractivity contribution in [3.05, 3.63) is 0 Å². The van der Waals surface area contributed by atoms with Gasteiger partial charge in [0.05, 0.1) is 6.54 Å². The van der Waals surface area contributed by atoms with Crippen molar-refractivity contribution in [3.8, 4) is 0 Å². The second-order valence-electron chi connectivity index (χ2n) is 7.15. The van der Waals surface area contributed by atoms with Crippen molar-refractivity contribution in [2.45, 2.75) is 85.2 Å². The Morgan fingerprint density at radius 1 is 1.20 bits per heavy atom. The number of hydrogen-bond donors (Lipinski definition) is 2. The minimum absolute atomic E-state index is 0.156. The Morgan fingerprint density at radius 2 is 1.80 bits per heavy atom. The van der Waals surface area contributed by atoms with E-state index in [2.05, 4.69) is 45.3 Å². The predicted octanol–water partition coefficient (Wildman–Crippen LogP) is 3.49. The Labute approximate surface area is 125 Å². The van der Waals surface area contributed by atoms with Crippen LogP contribution in [0.25, 0.3) is 0 Å². The van der Waals surface area contributed by atoms with E-state index in [0.29, 0.717) is 24.0 Å². The van der Waals surface area contributed by atoms with Crippen LogP contribution in [0.5, 0.6) is 0 Å². The van der Waals surface area contributed by atoms with Gasteiger partial charge in [0, 0.05) is 12.1 Å². The maximum Gasteiger partial charge on any atom is 0.234 e. The van der Waals surface area contributed by atoms with Gasteiger partial charge in [0.1, 0.15) is 0 Å². The topological polar surface area (TPSA) is 41.1 Å². The Morgan fingerprint density at radius 3 is 2.30 bits per heavy atom. The van der Waals surface area contributed by atoms with Gasteiger partial charge in [-0.3, -0.25) is 4.79 Å². The van der Waals surface area contributed by atoms with E-state index in [1.165, 1.54) is 19.3 Å². The highest BCUT2D eigenvalue weighted by atomic mass is 16.1. The third-order valence-electron chi connectivity index (χ3n) is 5.33. The number of carbonyl (C=O) groups excluding carboxylic acids is 1. The van der Waals surface area contributed by atoms with Crippen molar-refractivity contribution in [2.75, 3.05) is 6.54 Å². The highest BCUT2D eigenvalue weighted by Gasteiger charge is 2.32. The molecule has 20 heavy (non-hydrogen) atoms. The van der Waals surface area contributed by atoms with Crippen molar-refractivity contribution in [3.63, 3.8) is 0 Å². The van der Waals surface area contributed by atoms with Gasteiger partial charge in [0.15, 0.2) is 0 Å². The zero-order valence-electron chi connectivity index (χ0n) is 14.1. The van der Waals surface area contributed by atoms with Crippen molar-refractivity contribution in [1.29, 1.82) is 0 Å². The van der Waals surface area contributed by atoms with Gasteiger partial charge in [-0.25, -0.2) is 0 Å². The molecule has 0 aromatic heterocycles. The molecule has 3 nitrogen and oxygen atoms in total. The lowest BCUT2D eigenvalue weighted by atomic mass is 9.69. The quantitative estimate of drug-likeness (QED) is 0.750. The summed E-state index contributed by atoms with van der Waals surface area (Å²) >= 11 is 0. The molecule has 1 aliphatic carbocycles. The summed E-state index contributed by atoms with van der Waals surface area (Å²) in [5, 5.41) is 6.44. The van der Waals surface area contributed by atoms with Crippen molar-refractivity contribution >= 4 is 5.91 Å². The molecule has 1 fully saturated rings. The Bertz CT molecular complexity index is 293. The molecule has 0 spiro atoms. The first-order chi connectivity index (χ1) is 9.39. The second-order valence-corrected chi connectivity index (χ2v) is 7.15. The second kappa shape index (κ2) is 8.02. The van der Waals surface area contributed by atoms with Gasteiger partial charge in [-0.2, -0.15) is 0 Å². The van der Waals surface area contributed by atoms with Gasteiger partial charge in [-0.05, 0) is 50.4 Å². The summed E-state index contributed by atoms with van der Waals surface area (Å²) in [7, 11) is 0. The van der Waals surface area contributed by atoms with E-state index in [-0.39, 0.29) is 5.91 Å². The van der Waals surface area contributed by atoms with Gasteiger partial charge in [-0.1, -0.05) is 34.1 Å². The Hall–Kier alpha value is -0.570. The molecule has 1 aliphatic rings. The first-order valence-corrected chi connectivity index (χ1v) is 8.41. The normalized spacial score (nSPS) is 25.2. The summed E-state index contributed by atoms with van der Waals surface area (Å²) in [6.07, 6.45) is 7.10. The maximum atomic E-state index is 11.9. The van der Waals surface area contributed by atoms with E-state index in [9.17, 15) is 4.79 Å². The van der Waals surface area contributed by atoms with Crippen molar-refractivity contribution < 1.29 is 4.79 Å². The van der Waals surface area contributed by atoms with E-state index in [1.807, 2.05) is 0 Å². The number of hydrogen-bond acceptors (Lipinski definition) is 2. The smallest absolute Gasteiger partial charge is 0.234 e. The van der Waals surface area contributed by atoms with E-state index in [1.54, 1.807) is 0 Å². The molecule has 1 rings (SSSR count). The molecular weight excluding hydrogens is 248 g/mol. The zero-order chi connectivity index (χ0) is 15.2. The average molecular weight is 282 g/mol. The standard InChI is InChI=1S/C17H34N2O/c1-6-13(3)18-12-16(20)19-15-10-8-14(9-11-15)17(4,5)7-2/h13-15,18H,6-12H2,1-5H3,(H,19,20). The van der Waals surface area contributed by atoms with Crippen LogP contribution in [0.4, 0.5) is 0 Å². The van der Waals surface area contributed by atoms with Crippen LogP contribution >= 0.6 is 0 Å². The number of amides is 1. The van der Waals surface area contributed by atoms with E-state index < -0.39 is 0 Å². The molecule has 1 unspecified atom stereocenters. The molecule has 0 bridgehead atoms. The molecule has 1 saturated carbocycles. The highest BCUT2D eigenvalue weighted by molar-refractivity contribution is 5.78. The molecule has 0 aromatic carbocycles. The molecule has 0 radical (unpaired) electrons. The first-order valence-electron chi connectivity index (χ1n) is 8.41. The summed E-state index contributed by atoms with van der Waals surface area (Å²) in [6, 6.07) is 0.812. The van der Waals surface area contributed by atoms with Crippen LogP contribution in [0.2, 0.25) is 0 Å². The van der Waals surface area contributed by atoms with Crippen LogP contribution in [0, 0.1) is 11.3 Å². The SMILES string of the molecule is CCC(C)NCC(=O)NC1CCC(C(C)(C)CC)CC1. The largest absolute Gasteiger partial charge is 0.352 e. The monoisotopic (exact) mass is 282 g/mol. The summed E-state index contributed by atoms with van der Waals surface area (Å²) in [4.78, 5) is 11.9. The lowest BCUT2D eigenvalue weighted by Crippen LogP contribution is -2.44. The van der Waals surface area contributed by atoms with Gasteiger partial charge in [0.2, 0.25) is 5.91 Å². The molecule has 1 amide bonds. The number of carbonyl (C=O) groups is 1. The number of nitrogens with one attached hydrogen (secondary N) is 2. The van der Waals surface area contributed by atoms with E-state index in [4.69, 9.17) is 0 Å². The summed E-state index contributed by atoms with van der Waals surface area (Å²) in [5.74, 6) is 0.974. The van der Waals surface area contributed by atoms with Crippen LogP contribution in [-0.4, -0.2) is 24.5 Å². The molecule has 118 valence electrons. The van der Waals surface area contributed by atoms with E-state index in [0.717, 1.165) is 25.2 Å². The molecule has 3 heteroatoms. The highest BCUT2D eigenvalue weighted by Crippen LogP contribution is 2.40. The van der Waals surface area contributed by atoms with Crippen LogP contribution in [0.15, 0.2) is 0 Å². The van der Waals surface area contributed by atoms with E-state index >= 15 is 0 Å². The summed E-state index contributed by atoms with van der Waals surface area (Å²) in [5.41, 5.74) is 0.451. The van der Waals surface area contributed by atoms with Crippen molar-refractivity contribution in [2.24, 2.45) is 11.3 Å². The molecule has 0 aliphatic heterocycles. The van der Waals surface area contributed by atoms with Crippen LogP contribution in [0.3, 0.4) is 0 Å². The third-order valence-corrected chi connectivity index (χ3v) is 5.33. The first kappa shape index (κ1) is 17.5. The number of rotatable bonds is 7. The maximum absolute atomic E-state index is 11.9. The lowest BCUT2D eigenvalue weighted by molar-refractivity contribution is -0.121. The fourth-order valence-electron chi connectivity index (χ4n) is 3.00. The summed E-state index contributed by atoms with van der Waals surface area (Å²) < 4.78 is 0. The van der Waals surface area contributed by atoms with Crippen molar-refractivity contribution in [1.82, 2.24) is 10.6 Å². The zero-order valence-corrected chi connectivity index (χ0v) is 14.1. The molecule has 2 N–H and O–H groups in total. The van der Waals surface area contributed by atoms with Gasteiger partial charge in [0.25, 0.3) is 0 Å². The predicted molar refractivity (Wildman–Crippen MR) is 85.7 cm³/mol. The minimum Gasteiger partial charge on any atom is -0.352 e. The van der Waals surface area contributed by atoms with Gasteiger partial charge >= 0.3 is 0 Å². The van der Waals surface area contributed by atoms with Gasteiger partial charge in [-0.15, -0.1) is 0 Å². The molecule has 0 saturated heterocycles. The van der Waals surface area contributed by atoms with Crippen LogP contribution in [-0.2, 0) is 4.79 Å². The Kier molecular flexibility index (Phi) is 7.01. The fourth-order valence-corrected chi connectivity index (χ4v) is 3.00. The average Bonchev–Trinajstić information content (AvgIpc) is 2.45. The Balaban J connectivity index is 2.27. The minimum atomic E-state index is 0.156. The lowest BCUT2D eigenvalue weighted by Gasteiger charge is -2.39. The fraction of sp³-hybridized carbons (Fsp3) is 0.941. The van der Waals surface area contributed by atoms with Crippen LogP contribution < -0.4 is 10.6 Å². The molecule has 1 atom stereocenters. The molecular formula is C17H34N2O. The molecule has 0 aromatic rings.